The molecule has 1 N–H and O–H groups in total. The molecule has 7 nitrogen and oxygen atoms in total. The first-order valence-electron chi connectivity index (χ1n) is 12.1. The maximum Gasteiger partial charge on any atom is 0.286 e. The van der Waals surface area contributed by atoms with E-state index in [0.29, 0.717) is 16.6 Å². The number of benzene rings is 1. The van der Waals surface area contributed by atoms with Gasteiger partial charge in [-0.2, -0.15) is 0 Å². The van der Waals surface area contributed by atoms with Gasteiger partial charge in [0.2, 0.25) is 5.91 Å². The van der Waals surface area contributed by atoms with E-state index in [1.165, 1.54) is 0 Å². The van der Waals surface area contributed by atoms with Gasteiger partial charge in [0, 0.05) is 29.9 Å². The first-order valence-corrected chi connectivity index (χ1v) is 12.5. The molecule has 1 fully saturated rings. The Balaban J connectivity index is 1.81. The molecule has 2 amide bonds. The molecule has 2 aromatic rings. The van der Waals surface area contributed by atoms with Gasteiger partial charge in [0.15, 0.2) is 0 Å². The molecular weight excluding hydrogens is 492 g/mol. The Labute approximate surface area is 214 Å². The number of anilines is 1. The Hall–Kier alpha value is -2.68. The van der Waals surface area contributed by atoms with Gasteiger partial charge in [0.1, 0.15) is 5.76 Å². The van der Waals surface area contributed by atoms with Crippen LogP contribution in [0.25, 0.3) is 0 Å². The summed E-state index contributed by atoms with van der Waals surface area (Å²) in [7, 11) is 0. The summed E-state index contributed by atoms with van der Waals surface area (Å²) in [5, 5.41) is 9.35. The lowest BCUT2D eigenvalue weighted by Gasteiger charge is -2.38. The Morgan fingerprint density at radius 2 is 1.97 bits per heavy atom. The van der Waals surface area contributed by atoms with Crippen LogP contribution in [0.5, 0.6) is 0 Å². The van der Waals surface area contributed by atoms with E-state index in [4.69, 9.17) is 16.1 Å². The number of rotatable bonds is 10. The first-order chi connectivity index (χ1) is 16.9. The number of amides is 2. The fraction of sp³-hybridized carbons (Fsp3) is 0.577. The number of halogens is 3. The zero-order valence-corrected chi connectivity index (χ0v) is 21.7. The van der Waals surface area contributed by atoms with Crippen molar-refractivity contribution in [1.82, 2.24) is 5.16 Å². The summed E-state index contributed by atoms with van der Waals surface area (Å²) in [5.41, 5.74) is 1.07. The second kappa shape index (κ2) is 11.6. The van der Waals surface area contributed by atoms with Gasteiger partial charge < -0.3 is 9.84 Å². The predicted octanol–water partition coefficient (Wildman–Crippen LogP) is 7.69. The Bertz CT molecular complexity index is 1110. The van der Waals surface area contributed by atoms with E-state index in [1.54, 1.807) is 18.2 Å². The zero-order valence-electron chi connectivity index (χ0n) is 20.9. The summed E-state index contributed by atoms with van der Waals surface area (Å²) in [6.07, 6.45) is -1.01. The molecule has 1 unspecified atom stereocenters. The van der Waals surface area contributed by atoms with Crippen LogP contribution in [0.4, 0.5) is 14.5 Å². The molecule has 0 saturated heterocycles. The van der Waals surface area contributed by atoms with Gasteiger partial charge >= 0.3 is 0 Å². The van der Waals surface area contributed by atoms with Crippen molar-refractivity contribution in [2.45, 2.75) is 84.5 Å². The maximum absolute atomic E-state index is 14.3. The number of carbonyl (C=O) groups excluding carboxylic acids is 2. The highest BCUT2D eigenvalue weighted by Crippen LogP contribution is 2.50. The molecular formula is C26H32ClF2N3O4. The van der Waals surface area contributed by atoms with Crippen LogP contribution in [0, 0.1) is 23.2 Å². The van der Waals surface area contributed by atoms with Gasteiger partial charge in [-0.05, 0) is 61.6 Å². The monoisotopic (exact) mass is 523 g/mol. The summed E-state index contributed by atoms with van der Waals surface area (Å²) in [6, 6.07) is 5.11. The highest BCUT2D eigenvalue weighted by Gasteiger charge is 2.40. The average molecular weight is 524 g/mol. The predicted molar refractivity (Wildman–Crippen MR) is 133 cm³/mol. The van der Waals surface area contributed by atoms with Crippen molar-refractivity contribution in [1.29, 1.82) is 0 Å². The van der Waals surface area contributed by atoms with Gasteiger partial charge in [0.05, 0.1) is 22.0 Å². The van der Waals surface area contributed by atoms with Gasteiger partial charge in [-0.3, -0.25) is 9.59 Å². The summed E-state index contributed by atoms with van der Waals surface area (Å²) in [5.74, 6) is -1.87. The summed E-state index contributed by atoms with van der Waals surface area (Å²) in [6.45, 7) is 8.29. The van der Waals surface area contributed by atoms with E-state index in [-0.39, 0.29) is 47.6 Å². The number of hydrogen-bond donors (Lipinski definition) is 1. The molecule has 1 atom stereocenters. The van der Waals surface area contributed by atoms with Gasteiger partial charge in [-0.1, -0.05) is 43.6 Å². The number of nitroso groups, excluding NO2 is 1. The van der Waals surface area contributed by atoms with Crippen LogP contribution in [0.3, 0.4) is 0 Å². The molecule has 0 aliphatic heterocycles. The molecule has 1 aliphatic carbocycles. The number of aromatic nitrogens is 1. The lowest BCUT2D eigenvalue weighted by molar-refractivity contribution is -0.119. The molecule has 0 bridgehead atoms. The Kier molecular flexibility index (Phi) is 8.98. The van der Waals surface area contributed by atoms with E-state index in [1.807, 2.05) is 6.92 Å². The normalized spacial score (nSPS) is 18.6. The number of aryl methyl sites for hydroxylation is 1. The molecule has 196 valence electrons. The van der Waals surface area contributed by atoms with E-state index in [0.717, 1.165) is 24.8 Å². The van der Waals surface area contributed by atoms with Crippen molar-refractivity contribution in [3.63, 3.8) is 0 Å². The van der Waals surface area contributed by atoms with Crippen LogP contribution < -0.4 is 5.32 Å². The minimum atomic E-state index is -2.86. The molecule has 1 aromatic carbocycles. The van der Waals surface area contributed by atoms with E-state index >= 15 is 0 Å². The summed E-state index contributed by atoms with van der Waals surface area (Å²) >= 11 is 6.19. The number of nitrogens with one attached hydrogen (secondary N) is 1. The smallest absolute Gasteiger partial charge is 0.286 e. The number of hydrogen-bond acceptors (Lipinski definition) is 5. The molecule has 1 heterocycles. The molecule has 0 radical (unpaired) electrons. The van der Waals surface area contributed by atoms with Crippen molar-refractivity contribution in [2.75, 3.05) is 5.32 Å². The third-order valence-electron chi connectivity index (χ3n) is 6.54. The minimum absolute atomic E-state index is 0.0527. The van der Waals surface area contributed by atoms with Crippen LogP contribution in [0.1, 0.15) is 100 Å². The Morgan fingerprint density at radius 3 is 2.56 bits per heavy atom. The highest BCUT2D eigenvalue weighted by molar-refractivity contribution is 6.33. The van der Waals surface area contributed by atoms with Crippen molar-refractivity contribution in [3.05, 3.63) is 50.7 Å². The largest absolute Gasteiger partial charge is 0.360 e. The second-order valence-corrected chi connectivity index (χ2v) is 11.3. The summed E-state index contributed by atoms with van der Waals surface area (Å²) in [4.78, 5) is 35.0. The van der Waals surface area contributed by atoms with Crippen LogP contribution in [-0.2, 0) is 9.59 Å². The van der Waals surface area contributed by atoms with Gasteiger partial charge in [-0.25, -0.2) is 8.78 Å². The third kappa shape index (κ3) is 7.18. The van der Waals surface area contributed by atoms with E-state index < -0.39 is 24.2 Å². The maximum atomic E-state index is 14.3. The van der Waals surface area contributed by atoms with E-state index in [9.17, 15) is 23.3 Å². The van der Waals surface area contributed by atoms with Crippen LogP contribution in [-0.4, -0.2) is 17.0 Å². The SMILES string of the molecule is Cc1ccc(NC(=O)CC(CCC(=O)N=O)c2noc(C3CC(CC(C)(C)C)C3)c2C(F)F)c(Cl)c1. The van der Waals surface area contributed by atoms with Crippen molar-refractivity contribution < 1.29 is 22.9 Å². The Morgan fingerprint density at radius 1 is 1.28 bits per heavy atom. The molecule has 1 aromatic heterocycles. The quantitative estimate of drug-likeness (QED) is 0.321. The molecule has 3 rings (SSSR count). The molecule has 1 aliphatic rings. The van der Waals surface area contributed by atoms with Crippen LogP contribution in [0.2, 0.25) is 5.02 Å². The minimum Gasteiger partial charge on any atom is -0.360 e. The number of carbonyl (C=O) groups is 2. The second-order valence-electron chi connectivity index (χ2n) is 10.9. The van der Waals surface area contributed by atoms with Gasteiger partial charge in [-0.15, -0.1) is 4.91 Å². The molecule has 10 heteroatoms. The topological polar surface area (TPSA) is 102 Å². The standard InChI is InChI=1S/C26H32ClF2N3O4/c1-14-5-7-19(18(27)9-14)30-21(34)12-16(6-8-20(33)31-35)23-22(25(28)29)24(36-32-23)17-10-15(11-17)13-26(2,3)4/h5,7,9,15-17,25H,6,8,10-13H2,1-4H3,(H,30,34). The molecule has 36 heavy (non-hydrogen) atoms. The first kappa shape index (κ1) is 27.9. The average Bonchev–Trinajstić information content (AvgIpc) is 3.19. The van der Waals surface area contributed by atoms with Crippen LogP contribution in [0.15, 0.2) is 27.9 Å². The highest BCUT2D eigenvalue weighted by atomic mass is 35.5. The number of nitrogens with zero attached hydrogens (tertiary/aromatic N) is 2. The van der Waals surface area contributed by atoms with Crippen molar-refractivity contribution in [2.24, 2.45) is 16.5 Å². The van der Waals surface area contributed by atoms with Crippen LogP contribution >= 0.6 is 11.6 Å². The zero-order chi connectivity index (χ0) is 26.6. The third-order valence-corrected chi connectivity index (χ3v) is 6.85. The fourth-order valence-electron chi connectivity index (χ4n) is 4.94. The van der Waals surface area contributed by atoms with Crippen molar-refractivity contribution >= 4 is 29.1 Å². The molecule has 1 saturated carbocycles. The summed E-state index contributed by atoms with van der Waals surface area (Å²) < 4.78 is 33.9. The number of alkyl halides is 2. The van der Waals surface area contributed by atoms with Crippen molar-refractivity contribution in [3.8, 4) is 0 Å². The van der Waals surface area contributed by atoms with E-state index in [2.05, 4.69) is 36.4 Å². The lowest BCUT2D eigenvalue weighted by Crippen LogP contribution is -2.26. The van der Waals surface area contributed by atoms with Gasteiger partial charge in [0.25, 0.3) is 12.3 Å². The molecule has 0 spiro atoms. The lowest BCUT2D eigenvalue weighted by atomic mass is 9.67. The fourth-order valence-corrected chi connectivity index (χ4v) is 5.22.